The normalized spacial score (nSPS) is 21.0. The summed E-state index contributed by atoms with van der Waals surface area (Å²) in [5, 5.41) is 0. The fourth-order valence-corrected chi connectivity index (χ4v) is 2.08. The first-order chi connectivity index (χ1) is 10.0. The molecule has 4 nitrogen and oxygen atoms in total. The quantitative estimate of drug-likeness (QED) is 0.785. The van der Waals surface area contributed by atoms with Crippen molar-refractivity contribution in [2.75, 3.05) is 11.9 Å². The third-order valence-corrected chi connectivity index (χ3v) is 3.79. The number of hydrogen-bond acceptors (Lipinski definition) is 3. The SMILES string of the molecule is CC1OB(c2cccc(N(C)C(=O)C(F)(F)F)c2)OC1(C)C. The van der Waals surface area contributed by atoms with Crippen LogP contribution in [0.25, 0.3) is 0 Å². The summed E-state index contributed by atoms with van der Waals surface area (Å²) in [5.74, 6) is -1.92. The maximum absolute atomic E-state index is 12.5. The molecular formula is C14H17BF3NO3. The Morgan fingerprint density at radius 1 is 1.36 bits per heavy atom. The van der Waals surface area contributed by atoms with Crippen molar-refractivity contribution >= 4 is 24.2 Å². The molecule has 0 spiro atoms. The predicted molar refractivity (Wildman–Crippen MR) is 77.0 cm³/mol. The highest BCUT2D eigenvalue weighted by Gasteiger charge is 2.44. The number of rotatable bonds is 2. The van der Waals surface area contributed by atoms with E-state index < -0.39 is 24.8 Å². The summed E-state index contributed by atoms with van der Waals surface area (Å²) < 4.78 is 48.9. The molecule has 120 valence electrons. The maximum atomic E-state index is 12.5. The minimum absolute atomic E-state index is 0.129. The number of anilines is 1. The molecular weight excluding hydrogens is 298 g/mol. The Hall–Kier alpha value is -1.54. The first-order valence-corrected chi connectivity index (χ1v) is 6.80. The number of alkyl halides is 3. The van der Waals surface area contributed by atoms with Crippen LogP contribution in [0, 0.1) is 0 Å². The number of benzene rings is 1. The van der Waals surface area contributed by atoms with Crippen molar-refractivity contribution < 1.29 is 27.3 Å². The Bertz CT molecular complexity index is 577. The van der Waals surface area contributed by atoms with Gasteiger partial charge in [-0.05, 0) is 38.4 Å². The van der Waals surface area contributed by atoms with Gasteiger partial charge in [-0.1, -0.05) is 12.1 Å². The van der Waals surface area contributed by atoms with Crippen molar-refractivity contribution in [2.24, 2.45) is 0 Å². The standard InChI is InChI=1S/C14H17BF3NO3/c1-9-13(2,3)22-15(21-9)10-6-5-7-11(8-10)19(4)12(20)14(16,17)18/h5-9H,1-4H3. The van der Waals surface area contributed by atoms with E-state index in [1.807, 2.05) is 20.8 Å². The lowest BCUT2D eigenvalue weighted by molar-refractivity contribution is -0.170. The van der Waals surface area contributed by atoms with Crippen LogP contribution in [0.15, 0.2) is 24.3 Å². The van der Waals surface area contributed by atoms with Crippen LogP contribution in [0.3, 0.4) is 0 Å². The lowest BCUT2D eigenvalue weighted by atomic mass is 9.79. The molecule has 0 bridgehead atoms. The first kappa shape index (κ1) is 16.8. The van der Waals surface area contributed by atoms with Gasteiger partial charge in [0.05, 0.1) is 11.7 Å². The topological polar surface area (TPSA) is 38.8 Å². The number of amides is 1. The van der Waals surface area contributed by atoms with Crippen LogP contribution < -0.4 is 10.4 Å². The van der Waals surface area contributed by atoms with Gasteiger partial charge in [-0.2, -0.15) is 13.2 Å². The average Bonchev–Trinajstić information content (AvgIpc) is 2.70. The van der Waals surface area contributed by atoms with Gasteiger partial charge in [0, 0.05) is 12.7 Å². The monoisotopic (exact) mass is 315 g/mol. The summed E-state index contributed by atoms with van der Waals surface area (Å²) in [6, 6.07) is 6.14. The minimum Gasteiger partial charge on any atom is -0.402 e. The molecule has 1 fully saturated rings. The highest BCUT2D eigenvalue weighted by Crippen LogP contribution is 2.27. The van der Waals surface area contributed by atoms with Gasteiger partial charge in [-0.3, -0.25) is 4.79 Å². The lowest BCUT2D eigenvalue weighted by Gasteiger charge is -2.21. The second-order valence-electron chi connectivity index (χ2n) is 5.79. The molecule has 0 radical (unpaired) electrons. The molecule has 0 aliphatic carbocycles. The van der Waals surface area contributed by atoms with E-state index in [1.165, 1.54) is 12.1 Å². The average molecular weight is 315 g/mol. The maximum Gasteiger partial charge on any atom is 0.494 e. The fraction of sp³-hybridized carbons (Fsp3) is 0.500. The Kier molecular flexibility index (Phi) is 4.27. The van der Waals surface area contributed by atoms with Crippen molar-refractivity contribution in [3.8, 4) is 0 Å². The zero-order chi connectivity index (χ0) is 16.7. The van der Waals surface area contributed by atoms with Gasteiger partial charge < -0.3 is 14.2 Å². The molecule has 1 saturated heterocycles. The van der Waals surface area contributed by atoms with E-state index in [2.05, 4.69) is 0 Å². The van der Waals surface area contributed by atoms with Gasteiger partial charge in [0.1, 0.15) is 0 Å². The third-order valence-electron chi connectivity index (χ3n) is 3.79. The van der Waals surface area contributed by atoms with Gasteiger partial charge in [0.2, 0.25) is 0 Å². The summed E-state index contributed by atoms with van der Waals surface area (Å²) in [5.41, 5.74) is 0.204. The van der Waals surface area contributed by atoms with Crippen molar-refractivity contribution in [2.45, 2.75) is 38.7 Å². The molecule has 0 aromatic heterocycles. The van der Waals surface area contributed by atoms with E-state index in [1.54, 1.807) is 12.1 Å². The van der Waals surface area contributed by atoms with Crippen LogP contribution in [0.4, 0.5) is 18.9 Å². The van der Waals surface area contributed by atoms with E-state index >= 15 is 0 Å². The van der Waals surface area contributed by atoms with Crippen molar-refractivity contribution in [1.82, 2.24) is 0 Å². The highest BCUT2D eigenvalue weighted by atomic mass is 19.4. The summed E-state index contributed by atoms with van der Waals surface area (Å²) in [7, 11) is 0.414. The third kappa shape index (κ3) is 3.28. The van der Waals surface area contributed by atoms with Gasteiger partial charge in [0.15, 0.2) is 0 Å². The molecule has 1 heterocycles. The number of nitrogens with zero attached hydrogens (tertiary/aromatic N) is 1. The van der Waals surface area contributed by atoms with Gasteiger partial charge >= 0.3 is 19.2 Å². The van der Waals surface area contributed by atoms with Crippen molar-refractivity contribution in [3.63, 3.8) is 0 Å². The zero-order valence-electron chi connectivity index (χ0n) is 12.8. The largest absolute Gasteiger partial charge is 0.494 e. The van der Waals surface area contributed by atoms with Gasteiger partial charge in [-0.15, -0.1) is 0 Å². The summed E-state index contributed by atoms with van der Waals surface area (Å²) in [4.78, 5) is 11.9. The van der Waals surface area contributed by atoms with Crippen molar-refractivity contribution in [3.05, 3.63) is 24.3 Å². The second kappa shape index (κ2) is 5.59. The first-order valence-electron chi connectivity index (χ1n) is 6.80. The van der Waals surface area contributed by atoms with E-state index in [4.69, 9.17) is 9.31 Å². The Morgan fingerprint density at radius 2 is 2.00 bits per heavy atom. The Morgan fingerprint density at radius 3 is 2.50 bits per heavy atom. The molecule has 1 aliphatic rings. The Balaban J connectivity index is 2.23. The summed E-state index contributed by atoms with van der Waals surface area (Å²) in [6.45, 7) is 5.62. The summed E-state index contributed by atoms with van der Waals surface area (Å²) >= 11 is 0. The molecule has 1 amide bonds. The molecule has 8 heteroatoms. The van der Waals surface area contributed by atoms with Crippen LogP contribution in [0.2, 0.25) is 0 Å². The van der Waals surface area contributed by atoms with E-state index in [-0.39, 0.29) is 11.8 Å². The minimum atomic E-state index is -4.92. The van der Waals surface area contributed by atoms with Crippen LogP contribution in [-0.2, 0) is 14.1 Å². The molecule has 1 atom stereocenters. The van der Waals surface area contributed by atoms with Gasteiger partial charge in [-0.25, -0.2) is 0 Å². The molecule has 0 saturated carbocycles. The fourth-order valence-electron chi connectivity index (χ4n) is 2.08. The van der Waals surface area contributed by atoms with E-state index in [9.17, 15) is 18.0 Å². The van der Waals surface area contributed by atoms with E-state index in [0.29, 0.717) is 10.4 Å². The van der Waals surface area contributed by atoms with Gasteiger partial charge in [0.25, 0.3) is 0 Å². The number of hydrogen-bond donors (Lipinski definition) is 0. The Labute approximate surface area is 127 Å². The highest BCUT2D eigenvalue weighted by molar-refractivity contribution is 6.62. The van der Waals surface area contributed by atoms with Crippen LogP contribution in [-0.4, -0.2) is 38.0 Å². The van der Waals surface area contributed by atoms with Crippen molar-refractivity contribution in [1.29, 1.82) is 0 Å². The number of carbonyl (C=O) groups is 1. The molecule has 1 unspecified atom stereocenters. The zero-order valence-corrected chi connectivity index (χ0v) is 12.8. The molecule has 1 aromatic rings. The molecule has 2 rings (SSSR count). The number of halogens is 3. The molecule has 0 N–H and O–H groups in total. The smallest absolute Gasteiger partial charge is 0.402 e. The molecule has 1 aliphatic heterocycles. The predicted octanol–water partition coefficient (Wildman–Crippen LogP) is 2.12. The van der Waals surface area contributed by atoms with Crippen LogP contribution in [0.5, 0.6) is 0 Å². The molecule has 1 aromatic carbocycles. The number of carbonyl (C=O) groups excluding carboxylic acids is 1. The van der Waals surface area contributed by atoms with Crippen LogP contribution >= 0.6 is 0 Å². The second-order valence-corrected chi connectivity index (χ2v) is 5.79. The van der Waals surface area contributed by atoms with Crippen LogP contribution in [0.1, 0.15) is 20.8 Å². The molecule has 22 heavy (non-hydrogen) atoms. The lowest BCUT2D eigenvalue weighted by Crippen LogP contribution is -2.40. The van der Waals surface area contributed by atoms with E-state index in [0.717, 1.165) is 7.05 Å². The summed E-state index contributed by atoms with van der Waals surface area (Å²) in [6.07, 6.45) is -5.07.